The second kappa shape index (κ2) is 17.5. The SMILES string of the molecule is CC1=C2C(=C(C)C1=O)c1c(C)c3c4c(C)c(C)c(C)c(C)c4c(C)c(C)c3c3c(C)c(C)c(C)c2c13.CCC(=O)CC.Cc1c(C)c(C)c2c(c1C)c(C)c(C)c1c3c(C)c(C)c(C)c4c3c(c(C)c21)C(=O)C4=O. The summed E-state index contributed by atoms with van der Waals surface area (Å²) in [7, 11) is 0. The highest BCUT2D eigenvalue weighted by atomic mass is 16.2. The molecule has 4 nitrogen and oxygen atoms in total. The molecule has 0 fully saturated rings. The molecule has 74 heavy (non-hydrogen) atoms. The van der Waals surface area contributed by atoms with Crippen LogP contribution in [0.3, 0.4) is 0 Å². The molecule has 0 unspecified atom stereocenters. The molecule has 0 heterocycles. The van der Waals surface area contributed by atoms with Gasteiger partial charge in [-0.05, 0) is 345 Å². The molecule has 0 bridgehead atoms. The number of carbonyl (C=O) groups is 4. The van der Waals surface area contributed by atoms with Crippen LogP contribution in [0.1, 0.15) is 184 Å². The molecule has 4 heteroatoms. The van der Waals surface area contributed by atoms with Crippen LogP contribution in [0, 0.1) is 138 Å². The van der Waals surface area contributed by atoms with Gasteiger partial charge in [-0.2, -0.15) is 0 Å². The maximum atomic E-state index is 13.3. The van der Waals surface area contributed by atoms with E-state index in [2.05, 4.69) is 125 Å². The van der Waals surface area contributed by atoms with Crippen LogP contribution in [0.4, 0.5) is 0 Å². The Labute approximate surface area is 439 Å². The Morgan fingerprint density at radius 2 is 0.432 bits per heavy atom. The Morgan fingerprint density at radius 3 is 0.770 bits per heavy atom. The first-order chi connectivity index (χ1) is 34.6. The maximum Gasteiger partial charge on any atom is 0.234 e. The van der Waals surface area contributed by atoms with E-state index in [1.165, 1.54) is 165 Å². The van der Waals surface area contributed by atoms with E-state index in [4.69, 9.17) is 0 Å². The van der Waals surface area contributed by atoms with Gasteiger partial charge in [-0.15, -0.1) is 0 Å². The number of aryl methyl sites for hydroxylation is 12. The molecule has 3 aliphatic rings. The van der Waals surface area contributed by atoms with Crippen molar-refractivity contribution >= 4 is 98.9 Å². The highest BCUT2D eigenvalue weighted by molar-refractivity contribution is 6.59. The summed E-state index contributed by atoms with van der Waals surface area (Å²) < 4.78 is 0. The Balaban J connectivity index is 0.000000165. The molecule has 0 amide bonds. The van der Waals surface area contributed by atoms with E-state index in [-0.39, 0.29) is 17.3 Å². The predicted octanol–water partition coefficient (Wildman–Crippen LogP) is 18.4. The Bertz CT molecular complexity index is 4180. The van der Waals surface area contributed by atoms with Gasteiger partial charge in [0.2, 0.25) is 11.6 Å². The first kappa shape index (κ1) is 52.3. The van der Waals surface area contributed by atoms with Crippen molar-refractivity contribution in [1.82, 2.24) is 0 Å². The van der Waals surface area contributed by atoms with Gasteiger partial charge in [0.15, 0.2) is 5.78 Å². The zero-order chi connectivity index (χ0) is 54.8. The van der Waals surface area contributed by atoms with Crippen molar-refractivity contribution in [3.8, 4) is 0 Å². The molecule has 0 radical (unpaired) electrons. The van der Waals surface area contributed by atoms with Crippen LogP contribution >= 0.6 is 0 Å². The lowest BCUT2D eigenvalue weighted by Crippen LogP contribution is -2.09. The highest BCUT2D eigenvalue weighted by Crippen LogP contribution is 2.59. The second-order valence-electron chi connectivity index (χ2n) is 22.7. The molecule has 3 aliphatic carbocycles. The third-order valence-corrected chi connectivity index (χ3v) is 19.9. The summed E-state index contributed by atoms with van der Waals surface area (Å²) in [6.45, 7) is 52.2. The summed E-state index contributed by atoms with van der Waals surface area (Å²) in [6, 6.07) is 0. The minimum Gasteiger partial charge on any atom is -0.300 e. The first-order valence-corrected chi connectivity index (χ1v) is 26.9. The average molecular weight is 981 g/mol. The van der Waals surface area contributed by atoms with Crippen LogP contribution in [0.15, 0.2) is 11.1 Å². The summed E-state index contributed by atoms with van der Waals surface area (Å²) in [4.78, 5) is 49.9. The summed E-state index contributed by atoms with van der Waals surface area (Å²) in [5.41, 5.74) is 33.7. The van der Waals surface area contributed by atoms with Crippen molar-refractivity contribution in [2.45, 2.75) is 179 Å². The van der Waals surface area contributed by atoms with Crippen molar-refractivity contribution in [3.63, 3.8) is 0 Å². The average Bonchev–Trinajstić information content (AvgIpc) is 3.94. The highest BCUT2D eigenvalue weighted by Gasteiger charge is 2.41. The zero-order valence-corrected chi connectivity index (χ0v) is 49.0. The number of carbonyl (C=O) groups excluding carboxylic acids is 4. The van der Waals surface area contributed by atoms with Crippen LogP contribution in [0.25, 0.3) is 75.8 Å². The minimum atomic E-state index is -0.345. The fourth-order valence-corrected chi connectivity index (χ4v) is 14.2. The van der Waals surface area contributed by atoms with Gasteiger partial charge in [-0.25, -0.2) is 0 Å². The van der Waals surface area contributed by atoms with Gasteiger partial charge in [0, 0.05) is 40.5 Å². The van der Waals surface area contributed by atoms with Gasteiger partial charge in [-0.1, -0.05) is 13.8 Å². The molecule has 380 valence electrons. The van der Waals surface area contributed by atoms with E-state index in [1.54, 1.807) is 0 Å². The minimum absolute atomic E-state index is 0.208. The fraction of sp³-hybridized carbons (Fsp3) is 0.371. The van der Waals surface area contributed by atoms with Crippen LogP contribution in [0.5, 0.6) is 0 Å². The molecule has 8 aromatic rings. The van der Waals surface area contributed by atoms with E-state index in [0.29, 0.717) is 29.8 Å². The molecule has 11 rings (SSSR count). The first-order valence-electron chi connectivity index (χ1n) is 26.9. The van der Waals surface area contributed by atoms with Gasteiger partial charge in [0.25, 0.3) is 0 Å². The normalized spacial score (nSPS) is 13.8. The molecule has 0 saturated carbocycles. The summed E-state index contributed by atoms with van der Waals surface area (Å²) in [5, 5.41) is 15.2. The van der Waals surface area contributed by atoms with Gasteiger partial charge < -0.3 is 0 Å². The van der Waals surface area contributed by atoms with E-state index in [0.717, 1.165) is 44.0 Å². The van der Waals surface area contributed by atoms with E-state index >= 15 is 0 Å². The Hall–Kier alpha value is -6.52. The number of benzene rings is 8. The molecule has 0 atom stereocenters. The molecule has 8 aromatic carbocycles. The third kappa shape index (κ3) is 6.45. The second-order valence-corrected chi connectivity index (χ2v) is 22.7. The van der Waals surface area contributed by atoms with Crippen LogP contribution in [-0.2, 0) is 9.59 Å². The third-order valence-electron chi connectivity index (χ3n) is 19.9. The van der Waals surface area contributed by atoms with Crippen molar-refractivity contribution < 1.29 is 19.2 Å². The Morgan fingerprint density at radius 1 is 0.230 bits per heavy atom. The molecular formula is C70H76O4. The fourth-order valence-electron chi connectivity index (χ4n) is 14.2. The molecular weight excluding hydrogens is 905 g/mol. The van der Waals surface area contributed by atoms with Gasteiger partial charge in [0.1, 0.15) is 5.78 Å². The van der Waals surface area contributed by atoms with Crippen molar-refractivity contribution in [2.24, 2.45) is 0 Å². The monoisotopic (exact) mass is 981 g/mol. The van der Waals surface area contributed by atoms with E-state index in [9.17, 15) is 19.2 Å². The molecule has 0 saturated heterocycles. The topological polar surface area (TPSA) is 68.3 Å². The van der Waals surface area contributed by atoms with Crippen LogP contribution < -0.4 is 0 Å². The molecule has 0 aliphatic heterocycles. The number of rotatable bonds is 2. The quantitative estimate of drug-likeness (QED) is 0.128. The number of fused-ring (bicyclic) bond motifs is 11. The van der Waals surface area contributed by atoms with Crippen LogP contribution in [0.2, 0.25) is 0 Å². The van der Waals surface area contributed by atoms with Gasteiger partial charge in [0.05, 0.1) is 0 Å². The zero-order valence-electron chi connectivity index (χ0n) is 49.0. The lowest BCUT2D eigenvalue weighted by molar-refractivity contribution is -0.118. The number of ketones is 4. The van der Waals surface area contributed by atoms with E-state index < -0.39 is 0 Å². The summed E-state index contributed by atoms with van der Waals surface area (Å²) >= 11 is 0. The molecule has 0 N–H and O–H groups in total. The maximum absolute atomic E-state index is 13.3. The molecule has 0 aromatic heterocycles. The van der Waals surface area contributed by atoms with Gasteiger partial charge in [-0.3, -0.25) is 19.2 Å². The summed E-state index contributed by atoms with van der Waals surface area (Å²) in [5.74, 6) is -0.140. The number of hydrogen-bond donors (Lipinski definition) is 0. The van der Waals surface area contributed by atoms with Crippen molar-refractivity contribution in [2.75, 3.05) is 0 Å². The van der Waals surface area contributed by atoms with Crippen molar-refractivity contribution in [1.29, 1.82) is 0 Å². The van der Waals surface area contributed by atoms with Crippen LogP contribution in [-0.4, -0.2) is 23.1 Å². The lowest BCUT2D eigenvalue weighted by Gasteiger charge is -2.25. The smallest absolute Gasteiger partial charge is 0.234 e. The standard InChI is InChI=1S/C35H36O.C30H30O2.C5H10O/c1-13-14(2)17(5)26-25(16(13)4)20(8)21(9)27-28-18(6)15(3)19(7)29-32-23(11)35(36)24(12)33(32)31(34(28)29)22(10)30(26)27;1-11-12(2)15(5)22-21(14(11)4)18(8)19(9)23-24-16(6)13(3)17(7)26-28(24)27(20(10)25(22)23)30(32)29(26)31;1-3-5(6)4-2/h1-12H3;1-10H3;3-4H2,1-2H3. The van der Waals surface area contributed by atoms with Crippen molar-refractivity contribution in [3.05, 3.63) is 145 Å². The Kier molecular flexibility index (Phi) is 12.4. The lowest BCUT2D eigenvalue weighted by atomic mass is 9.79. The predicted molar refractivity (Wildman–Crippen MR) is 317 cm³/mol. The summed E-state index contributed by atoms with van der Waals surface area (Å²) in [6.07, 6.45) is 1.38. The van der Waals surface area contributed by atoms with Gasteiger partial charge >= 0.3 is 0 Å². The number of hydrogen-bond acceptors (Lipinski definition) is 4. The largest absolute Gasteiger partial charge is 0.300 e. The number of allylic oxidation sites excluding steroid dienone is 4. The molecule has 0 spiro atoms. The van der Waals surface area contributed by atoms with E-state index in [1.807, 2.05) is 41.5 Å². The number of Topliss-reactive ketones (excluding diaryl/α,β-unsaturated/α-hetero) is 4.